The summed E-state index contributed by atoms with van der Waals surface area (Å²) in [5.41, 5.74) is 0. The van der Waals surface area contributed by atoms with Crippen LogP contribution in [-0.2, 0) is 4.74 Å². The third-order valence-corrected chi connectivity index (χ3v) is 3.19. The molecule has 1 rings (SSSR count). The lowest BCUT2D eigenvalue weighted by Gasteiger charge is -2.31. The van der Waals surface area contributed by atoms with Crippen molar-refractivity contribution in [2.75, 3.05) is 34.3 Å². The van der Waals surface area contributed by atoms with Crippen molar-refractivity contribution in [2.24, 2.45) is 0 Å². The Labute approximate surface area is 94.2 Å². The van der Waals surface area contributed by atoms with E-state index < -0.39 is 0 Å². The van der Waals surface area contributed by atoms with Gasteiger partial charge in [0.15, 0.2) is 0 Å². The van der Waals surface area contributed by atoms with Crippen molar-refractivity contribution < 1.29 is 4.74 Å². The van der Waals surface area contributed by atoms with Crippen LogP contribution in [0.5, 0.6) is 0 Å². The van der Waals surface area contributed by atoms with Gasteiger partial charge in [0.2, 0.25) is 0 Å². The van der Waals surface area contributed by atoms with Crippen molar-refractivity contribution in [3.05, 3.63) is 0 Å². The average Bonchev–Trinajstić information content (AvgIpc) is 2.24. The summed E-state index contributed by atoms with van der Waals surface area (Å²) < 4.78 is 5.51. The quantitative estimate of drug-likeness (QED) is 0.678. The standard InChI is InChI=1S/C12H26N2O/c1-14(2)10-6-9-13-11-7-4-5-8-12(11)15-3/h11-13H,4-10H2,1-3H3. The Kier molecular flexibility index (Phi) is 6.22. The summed E-state index contributed by atoms with van der Waals surface area (Å²) in [7, 11) is 6.08. The van der Waals surface area contributed by atoms with Crippen molar-refractivity contribution in [1.29, 1.82) is 0 Å². The minimum atomic E-state index is 0.443. The van der Waals surface area contributed by atoms with E-state index in [-0.39, 0.29) is 0 Å². The second-order valence-corrected chi connectivity index (χ2v) is 4.78. The molecule has 1 aliphatic carbocycles. The summed E-state index contributed by atoms with van der Waals surface area (Å²) in [5.74, 6) is 0. The minimum Gasteiger partial charge on any atom is -0.380 e. The molecule has 2 atom stereocenters. The number of methoxy groups -OCH3 is 1. The van der Waals surface area contributed by atoms with Crippen LogP contribution in [0.25, 0.3) is 0 Å². The fraction of sp³-hybridized carbons (Fsp3) is 1.00. The molecule has 1 N–H and O–H groups in total. The van der Waals surface area contributed by atoms with Crippen LogP contribution in [0.1, 0.15) is 32.1 Å². The van der Waals surface area contributed by atoms with E-state index in [0.29, 0.717) is 12.1 Å². The summed E-state index contributed by atoms with van der Waals surface area (Å²) in [4.78, 5) is 2.23. The lowest BCUT2D eigenvalue weighted by molar-refractivity contribution is 0.0418. The van der Waals surface area contributed by atoms with Gasteiger partial charge in [-0.15, -0.1) is 0 Å². The molecule has 3 nitrogen and oxygen atoms in total. The van der Waals surface area contributed by atoms with Gasteiger partial charge in [-0.05, 0) is 46.4 Å². The molecule has 1 fully saturated rings. The van der Waals surface area contributed by atoms with Crippen LogP contribution in [0.4, 0.5) is 0 Å². The molecule has 0 heterocycles. The third-order valence-electron chi connectivity index (χ3n) is 3.19. The first-order chi connectivity index (χ1) is 7.24. The molecule has 0 aromatic heterocycles. The molecule has 1 aliphatic rings. The number of hydrogen-bond acceptors (Lipinski definition) is 3. The van der Waals surface area contributed by atoms with Gasteiger partial charge < -0.3 is 15.0 Å². The summed E-state index contributed by atoms with van der Waals surface area (Å²) in [5, 5.41) is 3.63. The molecule has 0 amide bonds. The normalized spacial score (nSPS) is 27.2. The highest BCUT2D eigenvalue weighted by Crippen LogP contribution is 2.20. The van der Waals surface area contributed by atoms with Crippen molar-refractivity contribution in [2.45, 2.75) is 44.2 Å². The average molecular weight is 214 g/mol. The van der Waals surface area contributed by atoms with Gasteiger partial charge in [-0.3, -0.25) is 0 Å². The van der Waals surface area contributed by atoms with E-state index >= 15 is 0 Å². The van der Waals surface area contributed by atoms with E-state index in [1.54, 1.807) is 0 Å². The zero-order chi connectivity index (χ0) is 11.1. The monoisotopic (exact) mass is 214 g/mol. The van der Waals surface area contributed by atoms with Gasteiger partial charge in [0, 0.05) is 13.2 Å². The van der Waals surface area contributed by atoms with Gasteiger partial charge in [-0.25, -0.2) is 0 Å². The number of nitrogens with zero attached hydrogens (tertiary/aromatic N) is 1. The van der Waals surface area contributed by atoms with E-state index in [1.165, 1.54) is 32.1 Å². The van der Waals surface area contributed by atoms with Crippen LogP contribution >= 0.6 is 0 Å². The maximum absolute atomic E-state index is 5.51. The molecule has 0 aliphatic heterocycles. The van der Waals surface area contributed by atoms with Crippen LogP contribution in [-0.4, -0.2) is 51.3 Å². The summed E-state index contributed by atoms with van der Waals surface area (Å²) in [6.45, 7) is 2.28. The molecule has 0 saturated heterocycles. The molecular weight excluding hydrogens is 188 g/mol. The van der Waals surface area contributed by atoms with Gasteiger partial charge in [-0.2, -0.15) is 0 Å². The second-order valence-electron chi connectivity index (χ2n) is 4.78. The highest BCUT2D eigenvalue weighted by atomic mass is 16.5. The Balaban J connectivity index is 2.12. The van der Waals surface area contributed by atoms with Crippen molar-refractivity contribution in [3.8, 4) is 0 Å². The molecule has 2 unspecified atom stereocenters. The maximum atomic E-state index is 5.51. The lowest BCUT2D eigenvalue weighted by Crippen LogP contribution is -2.43. The van der Waals surface area contributed by atoms with Gasteiger partial charge in [0.1, 0.15) is 0 Å². The number of rotatable bonds is 6. The minimum absolute atomic E-state index is 0.443. The highest BCUT2D eigenvalue weighted by molar-refractivity contribution is 4.81. The first-order valence-corrected chi connectivity index (χ1v) is 6.15. The largest absolute Gasteiger partial charge is 0.380 e. The molecule has 3 heteroatoms. The van der Waals surface area contributed by atoms with Gasteiger partial charge in [-0.1, -0.05) is 12.8 Å². The van der Waals surface area contributed by atoms with Crippen LogP contribution in [0, 0.1) is 0 Å². The van der Waals surface area contributed by atoms with Gasteiger partial charge >= 0.3 is 0 Å². The predicted octanol–water partition coefficient (Wildman–Crippen LogP) is 1.49. The topological polar surface area (TPSA) is 24.5 Å². The molecule has 90 valence electrons. The highest BCUT2D eigenvalue weighted by Gasteiger charge is 2.23. The fourth-order valence-electron chi connectivity index (χ4n) is 2.30. The van der Waals surface area contributed by atoms with Crippen LogP contribution in [0.3, 0.4) is 0 Å². The Morgan fingerprint density at radius 2 is 2.00 bits per heavy atom. The number of hydrogen-bond donors (Lipinski definition) is 1. The van der Waals surface area contributed by atoms with Crippen molar-refractivity contribution in [3.63, 3.8) is 0 Å². The molecule has 15 heavy (non-hydrogen) atoms. The summed E-state index contributed by atoms with van der Waals surface area (Å²) in [6, 6.07) is 0.589. The number of nitrogens with one attached hydrogen (secondary N) is 1. The molecule has 0 spiro atoms. The summed E-state index contributed by atoms with van der Waals surface area (Å²) in [6.07, 6.45) is 6.85. The Hall–Kier alpha value is -0.120. The smallest absolute Gasteiger partial charge is 0.0724 e. The van der Waals surface area contributed by atoms with Crippen LogP contribution < -0.4 is 5.32 Å². The molecule has 0 aromatic rings. The second kappa shape index (κ2) is 7.20. The molecular formula is C12H26N2O. The van der Waals surface area contributed by atoms with Crippen LogP contribution in [0.15, 0.2) is 0 Å². The third kappa shape index (κ3) is 4.96. The summed E-state index contributed by atoms with van der Waals surface area (Å²) >= 11 is 0. The van der Waals surface area contributed by atoms with E-state index in [2.05, 4.69) is 24.3 Å². The fourth-order valence-corrected chi connectivity index (χ4v) is 2.30. The zero-order valence-corrected chi connectivity index (χ0v) is 10.5. The Morgan fingerprint density at radius 3 is 2.67 bits per heavy atom. The lowest BCUT2D eigenvalue weighted by atomic mass is 9.92. The van der Waals surface area contributed by atoms with E-state index in [4.69, 9.17) is 4.74 Å². The van der Waals surface area contributed by atoms with Gasteiger partial charge in [0.05, 0.1) is 6.10 Å². The van der Waals surface area contributed by atoms with Gasteiger partial charge in [0.25, 0.3) is 0 Å². The molecule has 0 aromatic carbocycles. The predicted molar refractivity (Wildman–Crippen MR) is 64.2 cm³/mol. The zero-order valence-electron chi connectivity index (χ0n) is 10.5. The SMILES string of the molecule is COC1CCCCC1NCCCN(C)C. The number of ether oxygens (including phenoxy) is 1. The van der Waals surface area contributed by atoms with E-state index in [1.807, 2.05) is 7.11 Å². The molecule has 1 saturated carbocycles. The molecule has 0 radical (unpaired) electrons. The van der Waals surface area contributed by atoms with E-state index in [9.17, 15) is 0 Å². The van der Waals surface area contributed by atoms with Crippen molar-refractivity contribution >= 4 is 0 Å². The van der Waals surface area contributed by atoms with E-state index in [0.717, 1.165) is 13.1 Å². The van der Waals surface area contributed by atoms with Crippen LogP contribution in [0.2, 0.25) is 0 Å². The Morgan fingerprint density at radius 1 is 1.27 bits per heavy atom. The van der Waals surface area contributed by atoms with Crippen molar-refractivity contribution in [1.82, 2.24) is 10.2 Å². The molecule has 0 bridgehead atoms. The first-order valence-electron chi connectivity index (χ1n) is 6.15. The Bertz CT molecular complexity index is 162. The first kappa shape index (κ1) is 12.9. The maximum Gasteiger partial charge on any atom is 0.0724 e.